The van der Waals surface area contributed by atoms with Crippen molar-refractivity contribution in [2.45, 2.75) is 6.54 Å². The maximum absolute atomic E-state index is 13.1. The molecule has 1 N–H and O–H groups in total. The first-order valence-electron chi connectivity index (χ1n) is 11.0. The molecule has 188 valence electrons. The second-order valence-corrected chi connectivity index (χ2v) is 10.4. The molecule has 1 fully saturated rings. The smallest absolute Gasteiger partial charge is 0.266 e. The molecular weight excluding hydrogens is 555 g/mol. The van der Waals surface area contributed by atoms with Gasteiger partial charge in [-0.25, -0.2) is 0 Å². The van der Waals surface area contributed by atoms with E-state index in [1.807, 2.05) is 24.3 Å². The summed E-state index contributed by atoms with van der Waals surface area (Å²) < 4.78 is 16.9. The first-order valence-corrected chi connectivity index (χ1v) is 13.0. The molecule has 0 bridgehead atoms. The first kappa shape index (κ1) is 25.4. The molecule has 0 aromatic heterocycles. The summed E-state index contributed by atoms with van der Waals surface area (Å²) in [4.78, 5) is 27.4. The summed E-state index contributed by atoms with van der Waals surface area (Å²) in [6.07, 6.45) is 1.75. The molecule has 0 spiro atoms. The minimum atomic E-state index is -0.390. The molecule has 2 aliphatic heterocycles. The van der Waals surface area contributed by atoms with Crippen molar-refractivity contribution < 1.29 is 23.8 Å². The molecule has 7 nitrogen and oxygen atoms in total. The van der Waals surface area contributed by atoms with Gasteiger partial charge >= 0.3 is 0 Å². The molecular formula is C26H18Cl2N2O5S2. The number of rotatable bonds is 7. The van der Waals surface area contributed by atoms with E-state index in [9.17, 15) is 9.59 Å². The molecule has 3 aromatic rings. The SMILES string of the molecule is O=C(COc1cccc(/C=C2\SC(=S)N(Cc3ccc4c(c3)OCO4)C2=O)c1)Nc1cccc(Cl)c1Cl. The number of thioether (sulfide) groups is 1. The van der Waals surface area contributed by atoms with E-state index in [-0.39, 0.29) is 30.2 Å². The predicted octanol–water partition coefficient (Wildman–Crippen LogP) is 6.14. The zero-order valence-electron chi connectivity index (χ0n) is 19.0. The van der Waals surface area contributed by atoms with Crippen LogP contribution in [0.2, 0.25) is 10.0 Å². The van der Waals surface area contributed by atoms with Gasteiger partial charge in [0, 0.05) is 0 Å². The van der Waals surface area contributed by atoms with Gasteiger partial charge in [0.1, 0.15) is 10.1 Å². The Balaban J connectivity index is 1.22. The van der Waals surface area contributed by atoms with Gasteiger partial charge in [-0.1, -0.05) is 71.4 Å². The van der Waals surface area contributed by atoms with Crippen molar-refractivity contribution in [1.82, 2.24) is 4.90 Å². The standard InChI is InChI=1S/C26H18Cl2N2O5S2/c27-18-5-2-6-19(24(18)28)29-23(31)13-33-17-4-1-3-15(9-17)11-22-25(32)30(26(36)37-22)12-16-7-8-20-21(10-16)35-14-34-20/h1-11H,12-14H2,(H,29,31)/b22-11-. The van der Waals surface area contributed by atoms with E-state index in [0.29, 0.717) is 43.7 Å². The van der Waals surface area contributed by atoms with Gasteiger partial charge in [0.05, 0.1) is 27.2 Å². The number of carbonyl (C=O) groups is 2. The molecule has 2 aliphatic rings. The zero-order chi connectivity index (χ0) is 25.9. The van der Waals surface area contributed by atoms with E-state index >= 15 is 0 Å². The number of thiocarbonyl (C=S) groups is 1. The molecule has 2 heterocycles. The van der Waals surface area contributed by atoms with Crippen molar-refractivity contribution in [1.29, 1.82) is 0 Å². The number of hydrogen-bond donors (Lipinski definition) is 1. The molecule has 2 amide bonds. The van der Waals surface area contributed by atoms with Crippen LogP contribution < -0.4 is 19.5 Å². The Morgan fingerprint density at radius 2 is 1.92 bits per heavy atom. The Morgan fingerprint density at radius 3 is 2.78 bits per heavy atom. The van der Waals surface area contributed by atoms with Crippen LogP contribution in [0.3, 0.4) is 0 Å². The van der Waals surface area contributed by atoms with Gasteiger partial charge in [-0.15, -0.1) is 0 Å². The van der Waals surface area contributed by atoms with Crippen LogP contribution in [-0.4, -0.2) is 34.4 Å². The lowest BCUT2D eigenvalue weighted by Crippen LogP contribution is -2.27. The molecule has 3 aromatic carbocycles. The van der Waals surface area contributed by atoms with Crippen molar-refractivity contribution in [3.05, 3.63) is 86.7 Å². The molecule has 37 heavy (non-hydrogen) atoms. The molecule has 0 aliphatic carbocycles. The van der Waals surface area contributed by atoms with Crippen molar-refractivity contribution in [2.75, 3.05) is 18.7 Å². The quantitative estimate of drug-likeness (QED) is 0.269. The zero-order valence-corrected chi connectivity index (χ0v) is 22.2. The molecule has 5 rings (SSSR count). The highest BCUT2D eigenvalue weighted by Gasteiger charge is 2.32. The van der Waals surface area contributed by atoms with Gasteiger partial charge in [-0.2, -0.15) is 0 Å². The number of anilines is 1. The van der Waals surface area contributed by atoms with Gasteiger partial charge in [0.25, 0.3) is 11.8 Å². The lowest BCUT2D eigenvalue weighted by molar-refractivity contribution is -0.122. The maximum atomic E-state index is 13.1. The number of fused-ring (bicyclic) bond motifs is 1. The van der Waals surface area contributed by atoms with Crippen LogP contribution in [0.5, 0.6) is 17.2 Å². The van der Waals surface area contributed by atoms with E-state index in [2.05, 4.69) is 5.32 Å². The fourth-order valence-electron chi connectivity index (χ4n) is 3.64. The number of amides is 2. The summed E-state index contributed by atoms with van der Waals surface area (Å²) >= 11 is 18.8. The van der Waals surface area contributed by atoms with Crippen LogP contribution in [0.4, 0.5) is 5.69 Å². The third-order valence-electron chi connectivity index (χ3n) is 5.40. The highest BCUT2D eigenvalue weighted by molar-refractivity contribution is 8.26. The fourth-order valence-corrected chi connectivity index (χ4v) is 5.24. The average Bonchev–Trinajstić information content (AvgIpc) is 3.45. The van der Waals surface area contributed by atoms with Crippen molar-refractivity contribution in [3.63, 3.8) is 0 Å². The lowest BCUT2D eigenvalue weighted by atomic mass is 10.1. The summed E-state index contributed by atoms with van der Waals surface area (Å²) in [7, 11) is 0. The first-order chi connectivity index (χ1) is 17.9. The van der Waals surface area contributed by atoms with Gasteiger partial charge in [-0.3, -0.25) is 14.5 Å². The van der Waals surface area contributed by atoms with Crippen molar-refractivity contribution in [3.8, 4) is 17.2 Å². The molecule has 1 saturated heterocycles. The Morgan fingerprint density at radius 1 is 1.11 bits per heavy atom. The third-order valence-corrected chi connectivity index (χ3v) is 7.60. The largest absolute Gasteiger partial charge is 0.484 e. The molecule has 0 atom stereocenters. The van der Waals surface area contributed by atoms with E-state index in [1.165, 1.54) is 11.8 Å². The average molecular weight is 573 g/mol. The third kappa shape index (κ3) is 5.86. The number of nitrogens with zero attached hydrogens (tertiary/aromatic N) is 1. The van der Waals surface area contributed by atoms with Gasteiger partial charge in [-0.05, 0) is 53.6 Å². The number of hydrogen-bond acceptors (Lipinski definition) is 7. The lowest BCUT2D eigenvalue weighted by Gasteiger charge is -2.14. The second-order valence-electron chi connectivity index (χ2n) is 7.97. The summed E-state index contributed by atoms with van der Waals surface area (Å²) in [6.45, 7) is 0.282. The summed E-state index contributed by atoms with van der Waals surface area (Å²) in [6, 6.07) is 17.6. The number of nitrogens with one attached hydrogen (secondary N) is 1. The highest BCUT2D eigenvalue weighted by atomic mass is 35.5. The monoisotopic (exact) mass is 572 g/mol. The Kier molecular flexibility index (Phi) is 7.57. The van der Waals surface area contributed by atoms with Gasteiger partial charge in [0.15, 0.2) is 18.1 Å². The topological polar surface area (TPSA) is 77.1 Å². The van der Waals surface area contributed by atoms with E-state index in [1.54, 1.807) is 47.4 Å². The fraction of sp³-hybridized carbons (Fsp3) is 0.115. The van der Waals surface area contributed by atoms with E-state index < -0.39 is 0 Å². The van der Waals surface area contributed by atoms with Gasteiger partial charge in [0.2, 0.25) is 6.79 Å². The second kappa shape index (κ2) is 11.0. The predicted molar refractivity (Wildman–Crippen MR) is 148 cm³/mol. The Hall–Kier alpha value is -3.24. The van der Waals surface area contributed by atoms with Gasteiger partial charge < -0.3 is 19.5 Å². The molecule has 0 unspecified atom stereocenters. The van der Waals surface area contributed by atoms with Crippen LogP contribution in [-0.2, 0) is 16.1 Å². The van der Waals surface area contributed by atoms with E-state index in [4.69, 9.17) is 49.6 Å². The van der Waals surface area contributed by atoms with E-state index in [0.717, 1.165) is 11.1 Å². The van der Waals surface area contributed by atoms with Crippen LogP contribution in [0.1, 0.15) is 11.1 Å². The summed E-state index contributed by atoms with van der Waals surface area (Å²) in [5.74, 6) is 1.23. The van der Waals surface area contributed by atoms with Crippen LogP contribution in [0, 0.1) is 0 Å². The van der Waals surface area contributed by atoms with Crippen molar-refractivity contribution >= 4 is 75.1 Å². The normalized spacial score (nSPS) is 15.4. The van der Waals surface area contributed by atoms with Crippen molar-refractivity contribution in [2.24, 2.45) is 0 Å². The molecule has 0 saturated carbocycles. The molecule has 0 radical (unpaired) electrons. The van der Waals surface area contributed by atoms with Crippen LogP contribution >= 0.6 is 47.2 Å². The number of carbonyl (C=O) groups excluding carboxylic acids is 2. The minimum Gasteiger partial charge on any atom is -0.484 e. The number of ether oxygens (including phenoxy) is 3. The molecule has 11 heteroatoms. The van der Waals surface area contributed by atoms with Crippen LogP contribution in [0.15, 0.2) is 65.6 Å². The highest BCUT2D eigenvalue weighted by Crippen LogP contribution is 2.36. The maximum Gasteiger partial charge on any atom is 0.266 e. The summed E-state index contributed by atoms with van der Waals surface area (Å²) in [5.41, 5.74) is 2.02. The summed E-state index contributed by atoms with van der Waals surface area (Å²) in [5, 5.41) is 3.27. The Labute approximate surface area is 232 Å². The number of benzene rings is 3. The Bertz CT molecular complexity index is 1450. The number of halogens is 2. The minimum absolute atomic E-state index is 0.184. The van der Waals surface area contributed by atoms with Crippen LogP contribution in [0.25, 0.3) is 6.08 Å².